The zero-order chi connectivity index (χ0) is 11.5. The summed E-state index contributed by atoms with van der Waals surface area (Å²) in [7, 11) is 0. The minimum absolute atomic E-state index is 0.0193. The van der Waals surface area contributed by atoms with Crippen molar-refractivity contribution in [3.63, 3.8) is 0 Å². The Balaban J connectivity index is 2.98. The van der Waals surface area contributed by atoms with Crippen LogP contribution < -0.4 is 0 Å². The van der Waals surface area contributed by atoms with Crippen LogP contribution in [0.3, 0.4) is 0 Å². The first-order valence-electron chi connectivity index (χ1n) is 4.86. The number of hydrogen-bond donors (Lipinski definition) is 2. The lowest BCUT2D eigenvalue weighted by Crippen LogP contribution is -2.29. The van der Waals surface area contributed by atoms with Crippen molar-refractivity contribution in [1.82, 2.24) is 0 Å². The molecule has 0 aliphatic carbocycles. The van der Waals surface area contributed by atoms with Crippen molar-refractivity contribution in [3.8, 4) is 0 Å². The van der Waals surface area contributed by atoms with Crippen molar-refractivity contribution in [3.05, 3.63) is 35.4 Å². The monoisotopic (exact) mass is 208 g/mol. The van der Waals surface area contributed by atoms with Crippen molar-refractivity contribution in [2.45, 2.75) is 32.0 Å². The van der Waals surface area contributed by atoms with E-state index in [0.29, 0.717) is 0 Å². The highest BCUT2D eigenvalue weighted by Crippen LogP contribution is 2.26. The lowest BCUT2D eigenvalue weighted by atomic mass is 9.86. The van der Waals surface area contributed by atoms with Gasteiger partial charge in [0.15, 0.2) is 0 Å². The molecule has 0 aliphatic rings. The number of carbonyl (C=O) groups is 1. The molecule has 0 bridgehead atoms. The molecule has 0 spiro atoms. The van der Waals surface area contributed by atoms with Gasteiger partial charge in [0.05, 0.1) is 18.1 Å². The largest absolute Gasteiger partial charge is 0.392 e. The van der Waals surface area contributed by atoms with Gasteiger partial charge in [-0.05, 0) is 25.0 Å². The molecule has 0 radical (unpaired) electrons. The Morgan fingerprint density at radius 3 is 2.20 bits per heavy atom. The number of aldehydes is 1. The van der Waals surface area contributed by atoms with Gasteiger partial charge in [0, 0.05) is 0 Å². The Morgan fingerprint density at radius 2 is 1.87 bits per heavy atom. The lowest BCUT2D eigenvalue weighted by Gasteiger charge is -2.24. The minimum Gasteiger partial charge on any atom is -0.392 e. The van der Waals surface area contributed by atoms with Gasteiger partial charge in [-0.25, -0.2) is 0 Å². The molecule has 0 heterocycles. The zero-order valence-corrected chi connectivity index (χ0v) is 8.97. The van der Waals surface area contributed by atoms with Gasteiger partial charge in [-0.3, -0.25) is 0 Å². The van der Waals surface area contributed by atoms with Crippen molar-refractivity contribution in [2.24, 2.45) is 0 Å². The average molecular weight is 208 g/mol. The molecule has 0 aromatic heterocycles. The van der Waals surface area contributed by atoms with E-state index in [1.165, 1.54) is 0 Å². The molecule has 1 rings (SSSR count). The number of carbonyl (C=O) groups excluding carboxylic acids is 1. The topological polar surface area (TPSA) is 57.5 Å². The summed E-state index contributed by atoms with van der Waals surface area (Å²) < 4.78 is 0. The van der Waals surface area contributed by atoms with Gasteiger partial charge >= 0.3 is 0 Å². The van der Waals surface area contributed by atoms with E-state index in [2.05, 4.69) is 0 Å². The molecule has 0 saturated heterocycles. The summed E-state index contributed by atoms with van der Waals surface area (Å²) in [6, 6.07) is 7.00. The highest BCUT2D eigenvalue weighted by molar-refractivity contribution is 5.64. The van der Waals surface area contributed by atoms with E-state index >= 15 is 0 Å². The molecule has 0 fully saturated rings. The first kappa shape index (κ1) is 11.9. The van der Waals surface area contributed by atoms with Gasteiger partial charge in [0.1, 0.15) is 6.29 Å². The molecular formula is C12H16O3. The smallest absolute Gasteiger partial charge is 0.130 e. The van der Waals surface area contributed by atoms with E-state index < -0.39 is 11.5 Å². The summed E-state index contributed by atoms with van der Waals surface area (Å²) in [6.07, 6.45) is 0.744. The maximum absolute atomic E-state index is 10.9. The van der Waals surface area contributed by atoms with Gasteiger partial charge in [-0.2, -0.15) is 0 Å². The Bertz CT molecular complexity index is 322. The summed E-state index contributed by atoms with van der Waals surface area (Å²) in [4.78, 5) is 10.9. The molecular weight excluding hydrogens is 192 g/mol. The molecule has 0 saturated carbocycles. The second-order valence-corrected chi connectivity index (χ2v) is 4.17. The van der Waals surface area contributed by atoms with Crippen LogP contribution in [-0.4, -0.2) is 22.1 Å². The number of rotatable bonds is 4. The standard InChI is InChI=1S/C12H16O3/c1-12(2,15)11(8-14)10-5-3-9(7-13)4-6-10/h3-6,8,11,13,15H,7H2,1-2H3. The van der Waals surface area contributed by atoms with Crippen LogP contribution in [0.5, 0.6) is 0 Å². The third-order valence-electron chi connectivity index (χ3n) is 2.42. The van der Waals surface area contributed by atoms with Crippen LogP contribution in [0.2, 0.25) is 0 Å². The quantitative estimate of drug-likeness (QED) is 0.732. The van der Waals surface area contributed by atoms with E-state index in [1.54, 1.807) is 38.1 Å². The average Bonchev–Trinajstić information content (AvgIpc) is 2.18. The third kappa shape index (κ3) is 2.88. The number of benzene rings is 1. The van der Waals surface area contributed by atoms with Crippen molar-refractivity contribution in [1.29, 1.82) is 0 Å². The highest BCUT2D eigenvalue weighted by atomic mass is 16.3. The second kappa shape index (κ2) is 4.55. The Morgan fingerprint density at radius 1 is 1.33 bits per heavy atom. The molecule has 1 unspecified atom stereocenters. The van der Waals surface area contributed by atoms with Crippen molar-refractivity contribution >= 4 is 6.29 Å². The lowest BCUT2D eigenvalue weighted by molar-refractivity contribution is -0.113. The molecule has 1 aromatic rings. The Kier molecular flexibility index (Phi) is 3.61. The van der Waals surface area contributed by atoms with Crippen molar-refractivity contribution < 1.29 is 15.0 Å². The van der Waals surface area contributed by atoms with Crippen LogP contribution in [0.4, 0.5) is 0 Å². The molecule has 15 heavy (non-hydrogen) atoms. The predicted octanol–water partition coefficient (Wildman–Crippen LogP) is 1.23. The summed E-state index contributed by atoms with van der Waals surface area (Å²) in [6.45, 7) is 3.19. The number of aliphatic hydroxyl groups excluding tert-OH is 1. The SMILES string of the molecule is CC(C)(O)C(C=O)c1ccc(CO)cc1. The number of hydrogen-bond acceptors (Lipinski definition) is 3. The van der Waals surface area contributed by atoms with E-state index in [-0.39, 0.29) is 6.61 Å². The fourth-order valence-corrected chi connectivity index (χ4v) is 1.48. The Labute approximate surface area is 89.4 Å². The minimum atomic E-state index is -1.07. The van der Waals surface area contributed by atoms with Gasteiger partial charge in [-0.15, -0.1) is 0 Å². The fraction of sp³-hybridized carbons (Fsp3) is 0.417. The zero-order valence-electron chi connectivity index (χ0n) is 8.97. The first-order valence-corrected chi connectivity index (χ1v) is 4.86. The highest BCUT2D eigenvalue weighted by Gasteiger charge is 2.27. The van der Waals surface area contributed by atoms with Gasteiger partial charge in [0.25, 0.3) is 0 Å². The molecule has 0 amide bonds. The molecule has 82 valence electrons. The maximum Gasteiger partial charge on any atom is 0.130 e. The van der Waals surface area contributed by atoms with Crippen LogP contribution >= 0.6 is 0 Å². The maximum atomic E-state index is 10.9. The van der Waals surface area contributed by atoms with Crippen molar-refractivity contribution in [2.75, 3.05) is 0 Å². The van der Waals surface area contributed by atoms with Crippen LogP contribution in [0.15, 0.2) is 24.3 Å². The Hall–Kier alpha value is -1.19. The molecule has 3 nitrogen and oxygen atoms in total. The summed E-state index contributed by atoms with van der Waals surface area (Å²) >= 11 is 0. The van der Waals surface area contributed by atoms with Crippen LogP contribution in [0, 0.1) is 0 Å². The second-order valence-electron chi connectivity index (χ2n) is 4.17. The fourth-order valence-electron chi connectivity index (χ4n) is 1.48. The van der Waals surface area contributed by atoms with E-state index in [9.17, 15) is 9.90 Å². The summed E-state index contributed by atoms with van der Waals surface area (Å²) in [5, 5.41) is 18.6. The molecule has 3 heteroatoms. The normalized spacial score (nSPS) is 13.6. The van der Waals surface area contributed by atoms with Gasteiger partial charge in [0.2, 0.25) is 0 Å². The van der Waals surface area contributed by atoms with Crippen LogP contribution in [0.25, 0.3) is 0 Å². The van der Waals surface area contributed by atoms with Crippen LogP contribution in [0.1, 0.15) is 30.9 Å². The van der Waals surface area contributed by atoms with E-state index in [1.807, 2.05) is 0 Å². The number of aliphatic hydroxyl groups is 2. The first-order chi connectivity index (χ1) is 6.99. The van der Waals surface area contributed by atoms with E-state index in [0.717, 1.165) is 17.4 Å². The van der Waals surface area contributed by atoms with Gasteiger partial charge in [-0.1, -0.05) is 24.3 Å². The van der Waals surface area contributed by atoms with Crippen LogP contribution in [-0.2, 0) is 11.4 Å². The summed E-state index contributed by atoms with van der Waals surface area (Å²) in [5.41, 5.74) is 0.483. The predicted molar refractivity (Wildman–Crippen MR) is 57.5 cm³/mol. The molecule has 0 aliphatic heterocycles. The molecule has 2 N–H and O–H groups in total. The summed E-state index contributed by atoms with van der Waals surface area (Å²) in [5.74, 6) is -0.537. The van der Waals surface area contributed by atoms with Gasteiger partial charge < -0.3 is 15.0 Å². The molecule has 1 atom stereocenters. The molecule has 1 aromatic carbocycles. The van der Waals surface area contributed by atoms with E-state index in [4.69, 9.17) is 5.11 Å². The third-order valence-corrected chi connectivity index (χ3v) is 2.42.